The molecule has 51 heavy (non-hydrogen) atoms. The van der Waals surface area contributed by atoms with Crippen LogP contribution >= 0.6 is 11.6 Å². The Hall–Kier alpha value is -4.77. The van der Waals surface area contributed by atoms with E-state index in [9.17, 15) is 19.2 Å². The lowest BCUT2D eigenvalue weighted by molar-refractivity contribution is -0.138. The monoisotopic (exact) mass is 720 g/mol. The summed E-state index contributed by atoms with van der Waals surface area (Å²) in [5.74, 6) is 0.223. The number of para-hydroxylation sites is 3. The maximum Gasteiger partial charge on any atom is 0.255 e. The Morgan fingerprint density at radius 3 is 2.24 bits per heavy atom. The summed E-state index contributed by atoms with van der Waals surface area (Å²) in [7, 11) is 1.71. The fraction of sp³-hybridized carbons (Fsp3) is 0.436. The molecule has 3 N–H and O–H groups in total. The number of nitrogens with zero attached hydrogens (tertiary/aromatic N) is 1. The van der Waals surface area contributed by atoms with Gasteiger partial charge in [0.25, 0.3) is 5.91 Å². The highest BCUT2D eigenvalue weighted by Crippen LogP contribution is 2.32. The third kappa shape index (κ3) is 11.6. The van der Waals surface area contributed by atoms with Gasteiger partial charge in [0.2, 0.25) is 17.7 Å². The van der Waals surface area contributed by atoms with E-state index in [0.29, 0.717) is 40.9 Å². The van der Waals surface area contributed by atoms with E-state index in [-0.39, 0.29) is 42.6 Å². The molecule has 1 heterocycles. The molecular formula is C39H49ClN4O7. The van der Waals surface area contributed by atoms with Crippen LogP contribution in [0.5, 0.6) is 23.0 Å². The van der Waals surface area contributed by atoms with Gasteiger partial charge in [0.15, 0.2) is 11.5 Å². The number of rotatable bonds is 11. The summed E-state index contributed by atoms with van der Waals surface area (Å²) >= 11 is 6.00. The summed E-state index contributed by atoms with van der Waals surface area (Å²) in [6.45, 7) is 10.0. The van der Waals surface area contributed by atoms with Crippen LogP contribution in [-0.4, -0.2) is 73.0 Å². The van der Waals surface area contributed by atoms with Gasteiger partial charge in [-0.15, -0.1) is 0 Å². The number of benzene rings is 3. The molecule has 0 fully saturated rings. The first-order valence-electron chi connectivity index (χ1n) is 17.3. The van der Waals surface area contributed by atoms with Crippen molar-refractivity contribution in [3.05, 3.63) is 83.4 Å². The second-order valence-electron chi connectivity index (χ2n) is 13.7. The van der Waals surface area contributed by atoms with Gasteiger partial charge < -0.3 is 35.1 Å². The smallest absolute Gasteiger partial charge is 0.255 e. The molecule has 0 aliphatic carbocycles. The van der Waals surface area contributed by atoms with E-state index >= 15 is 0 Å². The van der Waals surface area contributed by atoms with E-state index in [4.69, 9.17) is 25.8 Å². The lowest BCUT2D eigenvalue weighted by Crippen LogP contribution is -2.55. The number of carbonyl (C=O) groups is 4. The summed E-state index contributed by atoms with van der Waals surface area (Å²) < 4.78 is 18.2. The van der Waals surface area contributed by atoms with Crippen LogP contribution in [0.3, 0.4) is 0 Å². The van der Waals surface area contributed by atoms with E-state index in [2.05, 4.69) is 29.8 Å². The quantitative estimate of drug-likeness (QED) is 0.221. The maximum atomic E-state index is 13.9. The number of likely N-dealkylation sites (N-methyl/N-ethyl adjacent to an activating group) is 1. The second kappa shape index (κ2) is 18.5. The van der Waals surface area contributed by atoms with Gasteiger partial charge in [0.1, 0.15) is 36.8 Å². The Bertz CT molecular complexity index is 1650. The Morgan fingerprint density at radius 1 is 0.902 bits per heavy atom. The summed E-state index contributed by atoms with van der Waals surface area (Å²) in [4.78, 5) is 56.4. The predicted molar refractivity (Wildman–Crippen MR) is 196 cm³/mol. The molecule has 12 heteroatoms. The highest BCUT2D eigenvalue weighted by atomic mass is 35.5. The summed E-state index contributed by atoms with van der Waals surface area (Å²) in [5, 5.41) is 9.04. The Morgan fingerprint density at radius 2 is 1.55 bits per heavy atom. The number of hydrogen-bond donors (Lipinski definition) is 3. The van der Waals surface area contributed by atoms with E-state index in [0.717, 1.165) is 0 Å². The Kier molecular flexibility index (Phi) is 14.1. The van der Waals surface area contributed by atoms with Gasteiger partial charge in [-0.3, -0.25) is 19.2 Å². The van der Waals surface area contributed by atoms with Crippen LogP contribution in [0.25, 0.3) is 0 Å². The molecule has 1 aliphatic heterocycles. The molecular weight excluding hydrogens is 672 g/mol. The molecule has 1 aliphatic rings. The highest BCUT2D eigenvalue weighted by molar-refractivity contribution is 6.30. The van der Waals surface area contributed by atoms with Crippen molar-refractivity contribution in [2.75, 3.05) is 20.3 Å². The van der Waals surface area contributed by atoms with E-state index in [1.165, 1.54) is 0 Å². The molecule has 4 rings (SSSR count). The summed E-state index contributed by atoms with van der Waals surface area (Å²) in [6, 6.07) is 17.8. The Balaban J connectivity index is 1.53. The molecule has 0 spiro atoms. The number of amides is 4. The highest BCUT2D eigenvalue weighted by Gasteiger charge is 2.33. The molecule has 3 aromatic carbocycles. The maximum absolute atomic E-state index is 13.9. The van der Waals surface area contributed by atoms with Crippen LogP contribution in [-0.2, 0) is 14.4 Å². The van der Waals surface area contributed by atoms with E-state index in [1.54, 1.807) is 85.6 Å². The van der Waals surface area contributed by atoms with Crippen LogP contribution in [0.4, 0.5) is 0 Å². The van der Waals surface area contributed by atoms with Crippen LogP contribution in [0.1, 0.15) is 64.2 Å². The normalized spacial score (nSPS) is 19.3. The van der Waals surface area contributed by atoms with Crippen molar-refractivity contribution in [3.63, 3.8) is 0 Å². The van der Waals surface area contributed by atoms with Crippen LogP contribution in [0.15, 0.2) is 72.8 Å². The third-order valence-corrected chi connectivity index (χ3v) is 8.57. The number of ether oxygens (including phenoxy) is 3. The molecule has 4 amide bonds. The van der Waals surface area contributed by atoms with Gasteiger partial charge >= 0.3 is 0 Å². The average molecular weight is 721 g/mol. The molecule has 274 valence electrons. The first kappa shape index (κ1) is 39.0. The SMILES string of the molecule is CC(C)C[C@H]1COc2ccccc2C(=O)N[C@H](C(=O)N[C@H](C)COc2ccccc2Oc2ccc(Cl)cc2)CC(=O)N[C@@H](CC(C)C)C(=O)N1C. The van der Waals surface area contributed by atoms with Crippen molar-refractivity contribution in [2.24, 2.45) is 11.8 Å². The first-order chi connectivity index (χ1) is 24.3. The predicted octanol–water partition coefficient (Wildman–Crippen LogP) is 6.00. The average Bonchev–Trinajstić information content (AvgIpc) is 3.08. The molecule has 0 saturated heterocycles. The number of nitrogens with one attached hydrogen (secondary N) is 3. The molecule has 0 saturated carbocycles. The van der Waals surface area contributed by atoms with Crippen molar-refractivity contribution >= 4 is 35.2 Å². The van der Waals surface area contributed by atoms with Gasteiger partial charge in [-0.05, 0) is 80.1 Å². The van der Waals surface area contributed by atoms with Gasteiger partial charge in [-0.25, -0.2) is 0 Å². The molecule has 0 unspecified atom stereocenters. The van der Waals surface area contributed by atoms with Crippen molar-refractivity contribution in [2.45, 2.75) is 78.0 Å². The minimum absolute atomic E-state index is 0.0606. The zero-order valence-corrected chi connectivity index (χ0v) is 30.9. The minimum atomic E-state index is -1.27. The molecule has 0 aromatic heterocycles. The molecule has 4 atom stereocenters. The van der Waals surface area contributed by atoms with Crippen molar-refractivity contribution in [1.82, 2.24) is 20.9 Å². The van der Waals surface area contributed by atoms with Crippen molar-refractivity contribution in [3.8, 4) is 23.0 Å². The molecule has 11 nitrogen and oxygen atoms in total. The van der Waals surface area contributed by atoms with Crippen molar-refractivity contribution in [1.29, 1.82) is 0 Å². The Labute approximate surface area is 305 Å². The molecule has 3 aromatic rings. The fourth-order valence-electron chi connectivity index (χ4n) is 5.73. The van der Waals surface area contributed by atoms with Crippen LogP contribution < -0.4 is 30.2 Å². The van der Waals surface area contributed by atoms with Gasteiger partial charge in [-0.1, -0.05) is 63.6 Å². The zero-order valence-electron chi connectivity index (χ0n) is 30.1. The van der Waals surface area contributed by atoms with E-state index < -0.39 is 42.3 Å². The van der Waals surface area contributed by atoms with Gasteiger partial charge in [0, 0.05) is 12.1 Å². The van der Waals surface area contributed by atoms with E-state index in [1.807, 2.05) is 19.9 Å². The summed E-state index contributed by atoms with van der Waals surface area (Å²) in [5.41, 5.74) is 0.205. The van der Waals surface area contributed by atoms with Crippen molar-refractivity contribution < 1.29 is 33.4 Å². The fourth-order valence-corrected chi connectivity index (χ4v) is 5.86. The van der Waals surface area contributed by atoms with Crippen LogP contribution in [0.2, 0.25) is 5.02 Å². The van der Waals surface area contributed by atoms with Gasteiger partial charge in [-0.2, -0.15) is 0 Å². The second-order valence-corrected chi connectivity index (χ2v) is 14.2. The van der Waals surface area contributed by atoms with Crippen LogP contribution in [0, 0.1) is 11.8 Å². The minimum Gasteiger partial charge on any atom is -0.491 e. The lowest BCUT2D eigenvalue weighted by atomic mass is 9.99. The largest absolute Gasteiger partial charge is 0.491 e. The first-order valence-corrected chi connectivity index (χ1v) is 17.7. The topological polar surface area (TPSA) is 135 Å². The number of halogens is 1. The lowest BCUT2D eigenvalue weighted by Gasteiger charge is -2.33. The molecule has 0 bridgehead atoms. The number of hydrogen-bond acceptors (Lipinski definition) is 7. The zero-order chi connectivity index (χ0) is 37.1. The van der Waals surface area contributed by atoms with Gasteiger partial charge in [0.05, 0.1) is 24.1 Å². The number of carbonyl (C=O) groups excluding carboxylic acids is 4. The third-order valence-electron chi connectivity index (χ3n) is 8.32. The standard InChI is InChI=1S/C39H49ClN4O7/c1-24(2)19-28-23-50-33-12-8-7-11-30(33)37(46)43-31(21-36(45)42-32(20-25(3)4)39(48)44(28)6)38(47)41-26(5)22-49-34-13-9-10-14-35(34)51-29-17-15-27(40)16-18-29/h7-18,24-26,28,31-32H,19-23H2,1-6H3,(H,41,47)(H,42,45)(H,43,46)/t26-,28+,31+,32+/m1/s1. The molecule has 0 radical (unpaired) electrons. The summed E-state index contributed by atoms with van der Waals surface area (Å²) in [6.07, 6.45) is 0.658. The number of fused-ring (bicyclic) bond motifs is 1.